The van der Waals surface area contributed by atoms with Crippen molar-refractivity contribution in [2.24, 2.45) is 5.92 Å². The van der Waals surface area contributed by atoms with E-state index in [0.29, 0.717) is 3.58 Å². The zero-order valence-corrected chi connectivity index (χ0v) is 14.6. The molecule has 0 radical (unpaired) electrons. The number of aliphatic carboxylic acids is 1. The highest BCUT2D eigenvalue weighted by molar-refractivity contribution is 14.1. The van der Waals surface area contributed by atoms with Gasteiger partial charge in [-0.05, 0) is 79.9 Å². The fourth-order valence-corrected chi connectivity index (χ4v) is 6.44. The Morgan fingerprint density at radius 2 is 2.06 bits per heavy atom. The molecule has 0 aromatic carbocycles. The van der Waals surface area contributed by atoms with Crippen molar-refractivity contribution in [1.82, 2.24) is 5.32 Å². The number of alkyl halides is 1. The molecular formula is C9H8I3NO3. The van der Waals surface area contributed by atoms with Crippen LogP contribution in [0.3, 0.4) is 0 Å². The SMILES string of the molecule is CC(=O)NC1(I)C=C(I)C=C(I)C1C(=O)O. The zero-order chi connectivity index (χ0) is 12.5. The first-order valence-electron chi connectivity index (χ1n) is 4.22. The van der Waals surface area contributed by atoms with E-state index in [1.54, 1.807) is 12.2 Å². The summed E-state index contributed by atoms with van der Waals surface area (Å²) in [5, 5.41) is 11.9. The molecule has 2 unspecified atom stereocenters. The van der Waals surface area contributed by atoms with Gasteiger partial charge < -0.3 is 10.4 Å². The van der Waals surface area contributed by atoms with E-state index < -0.39 is 15.4 Å². The van der Waals surface area contributed by atoms with Crippen LogP contribution in [0.4, 0.5) is 0 Å². The summed E-state index contributed by atoms with van der Waals surface area (Å²) in [6, 6.07) is 0. The van der Waals surface area contributed by atoms with Crippen LogP contribution in [0.1, 0.15) is 6.92 Å². The standard InChI is InChI=1S/C9H8I3NO3/c1-4(14)13-9(12)3-5(10)2-6(11)7(9)8(15)16/h2-3,7H,1H3,(H,13,14)(H,15,16). The van der Waals surface area contributed by atoms with Gasteiger partial charge in [0, 0.05) is 14.1 Å². The minimum absolute atomic E-state index is 0.243. The summed E-state index contributed by atoms with van der Waals surface area (Å²) in [4.78, 5) is 22.4. The monoisotopic (exact) mass is 559 g/mol. The molecule has 0 saturated carbocycles. The first kappa shape index (κ1) is 14.7. The van der Waals surface area contributed by atoms with Crippen molar-refractivity contribution >= 4 is 79.6 Å². The van der Waals surface area contributed by atoms with Gasteiger partial charge in [0.2, 0.25) is 5.91 Å². The van der Waals surface area contributed by atoms with Gasteiger partial charge in [0.25, 0.3) is 0 Å². The average molecular weight is 559 g/mol. The molecule has 1 aliphatic rings. The predicted molar refractivity (Wildman–Crippen MR) is 85.9 cm³/mol. The normalized spacial score (nSPS) is 29.1. The van der Waals surface area contributed by atoms with Crippen molar-refractivity contribution < 1.29 is 14.7 Å². The van der Waals surface area contributed by atoms with Crippen LogP contribution in [0.2, 0.25) is 0 Å². The third-order valence-corrected chi connectivity index (χ3v) is 4.70. The lowest BCUT2D eigenvalue weighted by Gasteiger charge is -2.34. The molecule has 4 nitrogen and oxygen atoms in total. The number of carboxylic acids is 1. The van der Waals surface area contributed by atoms with Crippen molar-refractivity contribution in [3.05, 3.63) is 19.3 Å². The summed E-state index contributed by atoms with van der Waals surface area (Å²) >= 11 is 6.08. The van der Waals surface area contributed by atoms with Gasteiger partial charge in [-0.3, -0.25) is 9.59 Å². The molecule has 88 valence electrons. The number of carbonyl (C=O) groups is 2. The summed E-state index contributed by atoms with van der Waals surface area (Å²) < 4.78 is 0.736. The number of allylic oxidation sites excluding steroid dienone is 2. The molecule has 0 spiro atoms. The van der Waals surface area contributed by atoms with Crippen LogP contribution in [0.25, 0.3) is 0 Å². The quantitative estimate of drug-likeness (QED) is 0.311. The molecule has 0 fully saturated rings. The lowest BCUT2D eigenvalue weighted by atomic mass is 9.95. The second kappa shape index (κ2) is 5.50. The molecule has 1 rings (SSSR count). The summed E-state index contributed by atoms with van der Waals surface area (Å²) in [6.45, 7) is 1.38. The summed E-state index contributed by atoms with van der Waals surface area (Å²) in [5.74, 6) is -1.92. The highest BCUT2D eigenvalue weighted by Crippen LogP contribution is 2.42. The van der Waals surface area contributed by atoms with Gasteiger partial charge in [-0.1, -0.05) is 0 Å². The molecule has 1 amide bonds. The second-order valence-corrected chi connectivity index (χ2v) is 7.56. The van der Waals surface area contributed by atoms with E-state index in [1.807, 2.05) is 45.2 Å². The lowest BCUT2D eigenvalue weighted by molar-refractivity contribution is -0.141. The number of nitrogens with one attached hydrogen (secondary N) is 1. The number of rotatable bonds is 2. The van der Waals surface area contributed by atoms with Crippen molar-refractivity contribution in [3.8, 4) is 0 Å². The molecule has 1 aliphatic carbocycles. The van der Waals surface area contributed by atoms with E-state index in [2.05, 4.69) is 27.9 Å². The van der Waals surface area contributed by atoms with E-state index >= 15 is 0 Å². The average Bonchev–Trinajstić information content (AvgIpc) is 1.96. The number of hydrogen-bond donors (Lipinski definition) is 2. The van der Waals surface area contributed by atoms with Gasteiger partial charge in [-0.15, -0.1) is 0 Å². The van der Waals surface area contributed by atoms with Crippen molar-refractivity contribution in [3.63, 3.8) is 0 Å². The van der Waals surface area contributed by atoms with Crippen LogP contribution in [0.5, 0.6) is 0 Å². The van der Waals surface area contributed by atoms with Crippen LogP contribution >= 0.6 is 67.8 Å². The first-order valence-corrected chi connectivity index (χ1v) is 7.46. The predicted octanol–water partition coefficient (Wildman–Crippen LogP) is 2.61. The Morgan fingerprint density at radius 1 is 1.50 bits per heavy atom. The maximum Gasteiger partial charge on any atom is 0.315 e. The molecule has 0 saturated heterocycles. The Labute approximate surface area is 134 Å². The number of halogens is 3. The maximum atomic E-state index is 11.2. The molecule has 0 bridgehead atoms. The third kappa shape index (κ3) is 3.31. The van der Waals surface area contributed by atoms with Gasteiger partial charge in [-0.25, -0.2) is 0 Å². The Bertz CT molecular complexity index is 405. The topological polar surface area (TPSA) is 66.4 Å². The Morgan fingerprint density at radius 3 is 2.50 bits per heavy atom. The number of carboxylic acid groups (broad SMARTS) is 1. The molecule has 7 heteroatoms. The fourth-order valence-electron chi connectivity index (χ4n) is 1.42. The molecule has 2 atom stereocenters. The Hall–Kier alpha value is 0.610. The van der Waals surface area contributed by atoms with E-state index in [4.69, 9.17) is 0 Å². The van der Waals surface area contributed by atoms with E-state index in [1.165, 1.54) is 6.92 Å². The second-order valence-electron chi connectivity index (χ2n) is 3.28. The Kier molecular flexibility index (Phi) is 5.04. The molecule has 16 heavy (non-hydrogen) atoms. The van der Waals surface area contributed by atoms with Crippen LogP contribution in [0.15, 0.2) is 19.3 Å². The molecular weight excluding hydrogens is 551 g/mol. The van der Waals surface area contributed by atoms with E-state index in [9.17, 15) is 14.7 Å². The van der Waals surface area contributed by atoms with Gasteiger partial charge in [0.05, 0.1) is 0 Å². The largest absolute Gasteiger partial charge is 0.481 e. The molecule has 2 N–H and O–H groups in total. The van der Waals surface area contributed by atoms with Crippen LogP contribution in [-0.2, 0) is 9.59 Å². The Balaban J connectivity index is 3.18. The maximum absolute atomic E-state index is 11.2. The smallest absolute Gasteiger partial charge is 0.315 e. The van der Waals surface area contributed by atoms with Crippen LogP contribution in [-0.4, -0.2) is 20.5 Å². The summed E-state index contributed by atoms with van der Waals surface area (Å²) in [5.41, 5.74) is 0. The molecule has 0 aromatic heterocycles. The molecule has 0 aliphatic heterocycles. The fraction of sp³-hybridized carbons (Fsp3) is 0.333. The van der Waals surface area contributed by atoms with E-state index in [-0.39, 0.29) is 5.91 Å². The first-order chi connectivity index (χ1) is 7.26. The van der Waals surface area contributed by atoms with Crippen molar-refractivity contribution in [1.29, 1.82) is 0 Å². The van der Waals surface area contributed by atoms with Crippen LogP contribution < -0.4 is 5.32 Å². The highest BCUT2D eigenvalue weighted by atomic mass is 127. The number of hydrogen-bond acceptors (Lipinski definition) is 2. The highest BCUT2D eigenvalue weighted by Gasteiger charge is 2.44. The van der Waals surface area contributed by atoms with E-state index in [0.717, 1.165) is 3.58 Å². The van der Waals surface area contributed by atoms with Gasteiger partial charge in [0.1, 0.15) is 9.46 Å². The summed E-state index contributed by atoms with van der Waals surface area (Å²) in [6.07, 6.45) is 3.56. The van der Waals surface area contributed by atoms with Crippen molar-refractivity contribution in [2.75, 3.05) is 0 Å². The van der Waals surface area contributed by atoms with Crippen LogP contribution in [0, 0.1) is 5.92 Å². The summed E-state index contributed by atoms with van der Waals surface area (Å²) in [7, 11) is 0. The zero-order valence-electron chi connectivity index (χ0n) is 8.13. The van der Waals surface area contributed by atoms with Crippen molar-refractivity contribution in [2.45, 2.75) is 10.5 Å². The molecule has 0 heterocycles. The molecule has 0 aromatic rings. The minimum atomic E-state index is -0.941. The van der Waals surface area contributed by atoms with Gasteiger partial charge in [0.15, 0.2) is 0 Å². The minimum Gasteiger partial charge on any atom is -0.481 e. The lowest BCUT2D eigenvalue weighted by Crippen LogP contribution is -2.50. The van der Waals surface area contributed by atoms with Gasteiger partial charge >= 0.3 is 5.97 Å². The van der Waals surface area contributed by atoms with Gasteiger partial charge in [-0.2, -0.15) is 0 Å². The number of amides is 1. The third-order valence-electron chi connectivity index (χ3n) is 1.93. The number of carbonyl (C=O) groups excluding carboxylic acids is 1.